The first-order valence-electron chi connectivity index (χ1n) is 8.87. The van der Waals surface area contributed by atoms with Crippen molar-refractivity contribution < 1.29 is 14.3 Å². The van der Waals surface area contributed by atoms with E-state index >= 15 is 0 Å². The number of hydrogen-bond acceptors (Lipinski definition) is 4. The summed E-state index contributed by atoms with van der Waals surface area (Å²) in [6, 6.07) is 17.0. The molecule has 1 fully saturated rings. The Balaban J connectivity index is 1.65. The molecular weight excluding hydrogens is 328 g/mol. The van der Waals surface area contributed by atoms with E-state index in [1.165, 1.54) is 0 Å². The molecule has 1 saturated heterocycles. The number of ether oxygens (including phenoxy) is 2. The highest BCUT2D eigenvalue weighted by molar-refractivity contribution is 5.78. The lowest BCUT2D eigenvalue weighted by Gasteiger charge is -2.25. The van der Waals surface area contributed by atoms with Crippen LogP contribution in [0.15, 0.2) is 48.5 Å². The second-order valence-electron chi connectivity index (χ2n) is 6.14. The maximum Gasteiger partial charge on any atom is 0.261 e. The van der Waals surface area contributed by atoms with Crippen molar-refractivity contribution in [2.45, 2.75) is 25.8 Å². The van der Waals surface area contributed by atoms with Gasteiger partial charge < -0.3 is 14.4 Å². The molecule has 2 aromatic carbocycles. The quantitative estimate of drug-likeness (QED) is 0.797. The Labute approximate surface area is 153 Å². The third kappa shape index (κ3) is 3.97. The van der Waals surface area contributed by atoms with Crippen LogP contribution in [0.3, 0.4) is 0 Å². The maximum atomic E-state index is 12.7. The molecule has 0 bridgehead atoms. The summed E-state index contributed by atoms with van der Waals surface area (Å²) in [5.41, 5.74) is 1.54. The lowest BCUT2D eigenvalue weighted by Crippen LogP contribution is -2.34. The zero-order valence-corrected chi connectivity index (χ0v) is 14.9. The Bertz CT molecular complexity index is 796. The summed E-state index contributed by atoms with van der Waals surface area (Å²) in [4.78, 5) is 14.5. The summed E-state index contributed by atoms with van der Waals surface area (Å²) >= 11 is 0. The molecule has 1 atom stereocenters. The summed E-state index contributed by atoms with van der Waals surface area (Å²) in [5, 5.41) is 9.11. The molecule has 3 rings (SSSR count). The average molecular weight is 350 g/mol. The minimum atomic E-state index is -0.0633. The van der Waals surface area contributed by atoms with Gasteiger partial charge in [0.25, 0.3) is 5.91 Å². The van der Waals surface area contributed by atoms with Crippen molar-refractivity contribution in [3.05, 3.63) is 59.7 Å². The van der Waals surface area contributed by atoms with E-state index in [-0.39, 0.29) is 18.6 Å². The Morgan fingerprint density at radius 3 is 2.69 bits per heavy atom. The van der Waals surface area contributed by atoms with Gasteiger partial charge in [0.05, 0.1) is 18.2 Å². The molecule has 26 heavy (non-hydrogen) atoms. The molecule has 0 spiro atoms. The fourth-order valence-corrected chi connectivity index (χ4v) is 3.27. The fraction of sp³-hybridized carbons (Fsp3) is 0.333. The minimum absolute atomic E-state index is 0.0610. The van der Waals surface area contributed by atoms with Crippen molar-refractivity contribution in [2.75, 3.05) is 19.8 Å². The Morgan fingerprint density at radius 2 is 1.96 bits per heavy atom. The average Bonchev–Trinajstić information content (AvgIpc) is 3.17. The lowest BCUT2D eigenvalue weighted by atomic mass is 10.0. The highest BCUT2D eigenvalue weighted by Crippen LogP contribution is 2.33. The second kappa shape index (κ2) is 8.39. The molecule has 0 N–H and O–H groups in total. The van der Waals surface area contributed by atoms with Crippen LogP contribution in [-0.2, 0) is 4.79 Å². The molecule has 5 nitrogen and oxygen atoms in total. The van der Waals surface area contributed by atoms with E-state index in [0.717, 1.165) is 30.7 Å². The molecule has 0 saturated carbocycles. The molecule has 134 valence electrons. The van der Waals surface area contributed by atoms with Crippen LogP contribution in [0.25, 0.3) is 0 Å². The Hall–Kier alpha value is -3.00. The number of carbonyl (C=O) groups excluding carboxylic acids is 1. The van der Waals surface area contributed by atoms with Gasteiger partial charge in [-0.05, 0) is 49.6 Å². The van der Waals surface area contributed by atoms with E-state index in [2.05, 4.69) is 6.07 Å². The molecule has 0 radical (unpaired) electrons. The van der Waals surface area contributed by atoms with Crippen LogP contribution in [-0.4, -0.2) is 30.6 Å². The number of hydrogen-bond donors (Lipinski definition) is 0. The van der Waals surface area contributed by atoms with Gasteiger partial charge in [-0.1, -0.05) is 24.3 Å². The first-order chi connectivity index (χ1) is 12.7. The van der Waals surface area contributed by atoms with Crippen molar-refractivity contribution in [2.24, 2.45) is 0 Å². The van der Waals surface area contributed by atoms with Crippen LogP contribution in [0, 0.1) is 11.3 Å². The number of amides is 1. The van der Waals surface area contributed by atoms with Crippen LogP contribution >= 0.6 is 0 Å². The summed E-state index contributed by atoms with van der Waals surface area (Å²) in [6.07, 6.45) is 1.91. The van der Waals surface area contributed by atoms with Crippen molar-refractivity contribution >= 4 is 5.91 Å². The highest BCUT2D eigenvalue weighted by atomic mass is 16.5. The number of rotatable bonds is 6. The van der Waals surface area contributed by atoms with Crippen molar-refractivity contribution in [3.63, 3.8) is 0 Å². The van der Waals surface area contributed by atoms with Gasteiger partial charge in [-0.15, -0.1) is 0 Å². The fourth-order valence-electron chi connectivity index (χ4n) is 3.27. The van der Waals surface area contributed by atoms with Gasteiger partial charge in [0, 0.05) is 6.54 Å². The first-order valence-corrected chi connectivity index (χ1v) is 8.87. The standard InChI is InChI=1S/C21H22N2O3/c1-2-25-18-11-9-16(10-12-18)19-7-5-13-23(19)21(24)15-26-20-8-4-3-6-17(20)14-22/h3-4,6,8-12,19H,2,5,7,13,15H2,1H3/t19-/m1/s1. The number of benzene rings is 2. The monoisotopic (exact) mass is 350 g/mol. The van der Waals surface area contributed by atoms with E-state index < -0.39 is 0 Å². The first kappa shape index (κ1) is 17.8. The summed E-state index contributed by atoms with van der Waals surface area (Å²) in [7, 11) is 0. The van der Waals surface area contributed by atoms with Crippen LogP contribution in [0.2, 0.25) is 0 Å². The summed E-state index contributed by atoms with van der Waals surface area (Å²) < 4.78 is 11.1. The van der Waals surface area contributed by atoms with Crippen LogP contribution in [0.1, 0.15) is 36.9 Å². The normalized spacial score (nSPS) is 16.2. The molecule has 1 aliphatic heterocycles. The number of carbonyl (C=O) groups is 1. The molecule has 1 aliphatic rings. The molecule has 0 aromatic heterocycles. The molecule has 1 amide bonds. The van der Waals surface area contributed by atoms with Gasteiger partial charge in [-0.25, -0.2) is 0 Å². The Kier molecular flexibility index (Phi) is 5.75. The van der Waals surface area contributed by atoms with Crippen molar-refractivity contribution in [3.8, 4) is 17.6 Å². The van der Waals surface area contributed by atoms with Crippen LogP contribution < -0.4 is 9.47 Å². The van der Waals surface area contributed by atoms with E-state index in [1.54, 1.807) is 24.3 Å². The topological polar surface area (TPSA) is 62.6 Å². The number of likely N-dealkylation sites (tertiary alicyclic amines) is 1. The van der Waals surface area contributed by atoms with Crippen LogP contribution in [0.4, 0.5) is 0 Å². The molecule has 2 aromatic rings. The van der Waals surface area contributed by atoms with E-state index in [9.17, 15) is 4.79 Å². The SMILES string of the molecule is CCOc1ccc([C@H]2CCCN2C(=O)COc2ccccc2C#N)cc1. The number of para-hydroxylation sites is 1. The van der Waals surface area contributed by atoms with Gasteiger partial charge in [-0.2, -0.15) is 5.26 Å². The summed E-state index contributed by atoms with van der Waals surface area (Å²) in [6.45, 7) is 3.25. The van der Waals surface area contributed by atoms with Gasteiger partial charge in [0.1, 0.15) is 17.6 Å². The molecular formula is C21H22N2O3. The third-order valence-electron chi connectivity index (χ3n) is 4.51. The molecule has 0 unspecified atom stereocenters. The molecule has 5 heteroatoms. The van der Waals surface area contributed by atoms with E-state index in [0.29, 0.717) is 17.9 Å². The summed E-state index contributed by atoms with van der Waals surface area (Å²) in [5.74, 6) is 1.22. The van der Waals surface area contributed by atoms with E-state index in [4.69, 9.17) is 14.7 Å². The number of nitriles is 1. The van der Waals surface area contributed by atoms with E-state index in [1.807, 2.05) is 36.1 Å². The largest absolute Gasteiger partial charge is 0.494 e. The van der Waals surface area contributed by atoms with Gasteiger partial charge in [0.2, 0.25) is 0 Å². The van der Waals surface area contributed by atoms with Gasteiger partial charge in [0.15, 0.2) is 6.61 Å². The predicted molar refractivity (Wildman–Crippen MR) is 98.0 cm³/mol. The second-order valence-corrected chi connectivity index (χ2v) is 6.14. The molecule has 0 aliphatic carbocycles. The smallest absolute Gasteiger partial charge is 0.261 e. The van der Waals surface area contributed by atoms with Crippen molar-refractivity contribution in [1.82, 2.24) is 4.90 Å². The minimum Gasteiger partial charge on any atom is -0.494 e. The van der Waals surface area contributed by atoms with Crippen LogP contribution in [0.5, 0.6) is 11.5 Å². The third-order valence-corrected chi connectivity index (χ3v) is 4.51. The Morgan fingerprint density at radius 1 is 1.19 bits per heavy atom. The lowest BCUT2D eigenvalue weighted by molar-refractivity contribution is -0.134. The van der Waals surface area contributed by atoms with Gasteiger partial charge in [-0.3, -0.25) is 4.79 Å². The zero-order chi connectivity index (χ0) is 18.4. The molecule has 1 heterocycles. The maximum absolute atomic E-state index is 12.7. The van der Waals surface area contributed by atoms with Gasteiger partial charge >= 0.3 is 0 Å². The number of nitrogens with zero attached hydrogens (tertiary/aromatic N) is 2. The zero-order valence-electron chi connectivity index (χ0n) is 14.9. The highest BCUT2D eigenvalue weighted by Gasteiger charge is 2.30. The predicted octanol–water partition coefficient (Wildman–Crippen LogP) is 3.70. The van der Waals surface area contributed by atoms with Crippen molar-refractivity contribution in [1.29, 1.82) is 5.26 Å².